The molecule has 7 heteroatoms. The van der Waals surface area contributed by atoms with Gasteiger partial charge in [-0.25, -0.2) is 0 Å². The third-order valence-corrected chi connectivity index (χ3v) is 4.44. The third-order valence-electron chi connectivity index (χ3n) is 4.44. The van der Waals surface area contributed by atoms with Crippen LogP contribution < -0.4 is 15.1 Å². The van der Waals surface area contributed by atoms with E-state index >= 15 is 0 Å². The van der Waals surface area contributed by atoms with Crippen molar-refractivity contribution in [3.05, 3.63) is 54.1 Å². The Kier molecular flexibility index (Phi) is 3.76. The van der Waals surface area contributed by atoms with E-state index in [9.17, 15) is 19.2 Å². The summed E-state index contributed by atoms with van der Waals surface area (Å²) in [7, 11) is 0. The second-order valence-corrected chi connectivity index (χ2v) is 6.13. The molecule has 0 radical (unpaired) electrons. The molecule has 2 aromatic rings. The Labute approximate surface area is 149 Å². The van der Waals surface area contributed by atoms with Crippen LogP contribution >= 0.6 is 0 Å². The van der Waals surface area contributed by atoms with Crippen LogP contribution in [0.25, 0.3) is 0 Å². The van der Waals surface area contributed by atoms with Crippen LogP contribution in [0.15, 0.2) is 48.5 Å². The van der Waals surface area contributed by atoms with E-state index in [0.29, 0.717) is 22.6 Å². The highest BCUT2D eigenvalue weighted by Gasteiger charge is 2.31. The number of para-hydroxylation sites is 2. The summed E-state index contributed by atoms with van der Waals surface area (Å²) in [5.74, 6) is -1.06. The maximum atomic E-state index is 12.9. The molecule has 2 aliphatic heterocycles. The van der Waals surface area contributed by atoms with E-state index in [4.69, 9.17) is 0 Å². The molecule has 0 spiro atoms. The van der Waals surface area contributed by atoms with E-state index in [0.717, 1.165) is 4.90 Å². The van der Waals surface area contributed by atoms with Crippen molar-refractivity contribution < 1.29 is 19.2 Å². The minimum Gasteiger partial charge on any atom is -0.323 e. The fourth-order valence-electron chi connectivity index (χ4n) is 3.19. The SMILES string of the molecule is O=C1CN(C(=O)c2ccc(N3C(=O)CCC3=O)cc2)c2ccccc2N1. The molecule has 0 bridgehead atoms. The van der Waals surface area contributed by atoms with Crippen molar-refractivity contribution in [1.29, 1.82) is 0 Å². The van der Waals surface area contributed by atoms with Gasteiger partial charge in [-0.15, -0.1) is 0 Å². The van der Waals surface area contributed by atoms with Gasteiger partial charge in [-0.3, -0.25) is 29.0 Å². The highest BCUT2D eigenvalue weighted by Crippen LogP contribution is 2.30. The van der Waals surface area contributed by atoms with E-state index in [-0.39, 0.29) is 43.0 Å². The van der Waals surface area contributed by atoms with Crippen LogP contribution in [0.5, 0.6) is 0 Å². The largest absolute Gasteiger partial charge is 0.323 e. The Balaban J connectivity index is 1.62. The molecule has 130 valence electrons. The van der Waals surface area contributed by atoms with Crippen LogP contribution in [-0.2, 0) is 14.4 Å². The number of anilines is 3. The van der Waals surface area contributed by atoms with Gasteiger partial charge in [-0.05, 0) is 36.4 Å². The van der Waals surface area contributed by atoms with Crippen molar-refractivity contribution in [3.8, 4) is 0 Å². The summed E-state index contributed by atoms with van der Waals surface area (Å²) in [4.78, 5) is 50.9. The van der Waals surface area contributed by atoms with E-state index in [1.165, 1.54) is 4.90 Å². The summed E-state index contributed by atoms with van der Waals surface area (Å²) >= 11 is 0. The average Bonchev–Trinajstić information content (AvgIpc) is 2.99. The molecule has 1 saturated heterocycles. The van der Waals surface area contributed by atoms with Gasteiger partial charge in [-0.1, -0.05) is 12.1 Å². The molecular formula is C19H15N3O4. The molecule has 26 heavy (non-hydrogen) atoms. The second-order valence-electron chi connectivity index (χ2n) is 6.13. The van der Waals surface area contributed by atoms with E-state index in [1.807, 2.05) is 0 Å². The molecule has 2 aromatic carbocycles. The molecule has 2 heterocycles. The number of carbonyl (C=O) groups excluding carboxylic acids is 4. The first-order valence-corrected chi connectivity index (χ1v) is 8.21. The maximum Gasteiger partial charge on any atom is 0.258 e. The van der Waals surface area contributed by atoms with E-state index in [1.54, 1.807) is 48.5 Å². The molecule has 0 unspecified atom stereocenters. The van der Waals surface area contributed by atoms with Crippen LogP contribution in [0, 0.1) is 0 Å². The number of carbonyl (C=O) groups is 4. The summed E-state index contributed by atoms with van der Waals surface area (Å²) in [5.41, 5.74) is 2.04. The molecule has 2 aliphatic rings. The molecule has 0 aromatic heterocycles. The predicted molar refractivity (Wildman–Crippen MR) is 94.9 cm³/mol. The van der Waals surface area contributed by atoms with Gasteiger partial charge in [0.05, 0.1) is 17.1 Å². The third kappa shape index (κ3) is 2.63. The van der Waals surface area contributed by atoms with Crippen LogP contribution in [-0.4, -0.2) is 30.2 Å². The lowest BCUT2D eigenvalue weighted by Crippen LogP contribution is -2.42. The van der Waals surface area contributed by atoms with Gasteiger partial charge in [0.1, 0.15) is 6.54 Å². The Morgan fingerprint density at radius 1 is 0.885 bits per heavy atom. The first-order valence-electron chi connectivity index (χ1n) is 8.21. The van der Waals surface area contributed by atoms with Gasteiger partial charge in [-0.2, -0.15) is 0 Å². The van der Waals surface area contributed by atoms with Crippen LogP contribution in [0.4, 0.5) is 17.1 Å². The molecule has 1 N–H and O–H groups in total. The molecule has 4 amide bonds. The number of fused-ring (bicyclic) bond motifs is 1. The van der Waals surface area contributed by atoms with Crippen molar-refractivity contribution in [3.63, 3.8) is 0 Å². The lowest BCUT2D eigenvalue weighted by atomic mass is 10.1. The zero-order valence-corrected chi connectivity index (χ0v) is 13.8. The van der Waals surface area contributed by atoms with E-state index < -0.39 is 0 Å². The molecular weight excluding hydrogens is 334 g/mol. The minimum absolute atomic E-state index is 0.0688. The van der Waals surface area contributed by atoms with Crippen molar-refractivity contribution in [1.82, 2.24) is 0 Å². The lowest BCUT2D eigenvalue weighted by Gasteiger charge is -2.29. The van der Waals surface area contributed by atoms with Crippen LogP contribution in [0.3, 0.4) is 0 Å². The number of hydrogen-bond donors (Lipinski definition) is 1. The van der Waals surface area contributed by atoms with Gasteiger partial charge in [0.15, 0.2) is 0 Å². The molecule has 4 rings (SSSR count). The molecule has 0 atom stereocenters. The van der Waals surface area contributed by atoms with Crippen molar-refractivity contribution in [2.24, 2.45) is 0 Å². The summed E-state index contributed by atoms with van der Waals surface area (Å²) in [6.07, 6.45) is 0.415. The minimum atomic E-state index is -0.321. The van der Waals surface area contributed by atoms with Gasteiger partial charge < -0.3 is 5.32 Å². The predicted octanol–water partition coefficient (Wildman–Crippen LogP) is 1.94. The number of rotatable bonds is 2. The average molecular weight is 349 g/mol. The Morgan fingerprint density at radius 2 is 1.54 bits per heavy atom. The number of amides is 4. The summed E-state index contributed by atoms with van der Waals surface area (Å²) < 4.78 is 0. The molecule has 7 nitrogen and oxygen atoms in total. The number of nitrogens with zero attached hydrogens (tertiary/aromatic N) is 2. The Hall–Kier alpha value is -3.48. The summed E-state index contributed by atoms with van der Waals surface area (Å²) in [6.45, 7) is -0.0688. The number of nitrogens with one attached hydrogen (secondary N) is 1. The highest BCUT2D eigenvalue weighted by atomic mass is 16.2. The topological polar surface area (TPSA) is 86.8 Å². The Bertz CT molecular complexity index is 920. The summed E-state index contributed by atoms with van der Waals surface area (Å²) in [6, 6.07) is 13.4. The Morgan fingerprint density at radius 3 is 2.23 bits per heavy atom. The van der Waals surface area contributed by atoms with Crippen molar-refractivity contribution >= 4 is 40.7 Å². The fraction of sp³-hybridized carbons (Fsp3) is 0.158. The molecule has 1 fully saturated rings. The fourth-order valence-corrected chi connectivity index (χ4v) is 3.19. The zero-order valence-electron chi connectivity index (χ0n) is 13.8. The van der Waals surface area contributed by atoms with Crippen molar-refractivity contribution in [2.75, 3.05) is 21.7 Å². The first kappa shape index (κ1) is 16.0. The van der Waals surface area contributed by atoms with Crippen LogP contribution in [0.2, 0.25) is 0 Å². The van der Waals surface area contributed by atoms with Crippen LogP contribution in [0.1, 0.15) is 23.2 Å². The zero-order chi connectivity index (χ0) is 18.3. The van der Waals surface area contributed by atoms with Gasteiger partial charge in [0.2, 0.25) is 17.7 Å². The quantitative estimate of drug-likeness (QED) is 0.840. The monoisotopic (exact) mass is 349 g/mol. The van der Waals surface area contributed by atoms with Gasteiger partial charge in [0.25, 0.3) is 5.91 Å². The molecule has 0 aliphatic carbocycles. The van der Waals surface area contributed by atoms with Crippen molar-refractivity contribution in [2.45, 2.75) is 12.8 Å². The highest BCUT2D eigenvalue weighted by molar-refractivity contribution is 6.20. The number of benzene rings is 2. The molecule has 0 saturated carbocycles. The lowest BCUT2D eigenvalue weighted by molar-refractivity contribution is -0.121. The smallest absolute Gasteiger partial charge is 0.258 e. The normalized spacial score (nSPS) is 16.5. The second kappa shape index (κ2) is 6.11. The first-order chi connectivity index (χ1) is 12.5. The number of hydrogen-bond acceptors (Lipinski definition) is 4. The van der Waals surface area contributed by atoms with Gasteiger partial charge in [0, 0.05) is 18.4 Å². The number of imide groups is 1. The van der Waals surface area contributed by atoms with E-state index in [2.05, 4.69) is 5.32 Å². The standard InChI is InChI=1S/C19H15N3O4/c23-16-11-21(15-4-2-1-3-14(15)20-16)19(26)12-5-7-13(8-6-12)22-17(24)9-10-18(22)25/h1-8H,9-11H2,(H,20,23). The van der Waals surface area contributed by atoms with Gasteiger partial charge >= 0.3 is 0 Å². The summed E-state index contributed by atoms with van der Waals surface area (Å²) in [5, 5.41) is 2.74. The maximum absolute atomic E-state index is 12.9.